The van der Waals surface area contributed by atoms with Crippen molar-refractivity contribution in [2.24, 2.45) is 0 Å². The average Bonchev–Trinajstić information content (AvgIpc) is 3.22. The Balaban J connectivity index is 1.42. The molecular weight excluding hydrogens is 462 g/mol. The number of nitrogens with zero attached hydrogens (tertiary/aromatic N) is 3. The zero-order valence-corrected chi connectivity index (χ0v) is 19.8. The van der Waals surface area contributed by atoms with E-state index in [0.29, 0.717) is 40.1 Å². The van der Waals surface area contributed by atoms with Crippen LogP contribution in [-0.4, -0.2) is 20.4 Å². The highest BCUT2D eigenvalue weighted by atomic mass is 16.5. The van der Waals surface area contributed by atoms with Crippen molar-refractivity contribution in [1.82, 2.24) is 19.9 Å². The molecule has 180 valence electrons. The third-order valence-corrected chi connectivity index (χ3v) is 6.09. The predicted molar refractivity (Wildman–Crippen MR) is 145 cm³/mol. The summed E-state index contributed by atoms with van der Waals surface area (Å²) in [5.74, 6) is 1.39. The quantitative estimate of drug-likeness (QED) is 0.307. The lowest BCUT2D eigenvalue weighted by Gasteiger charge is -2.10. The molecule has 2 aromatic heterocycles. The van der Waals surface area contributed by atoms with Crippen molar-refractivity contribution in [3.8, 4) is 17.2 Å². The first-order valence-corrected chi connectivity index (χ1v) is 11.9. The number of hydrogen-bond donors (Lipinski definition) is 2. The highest BCUT2D eigenvalue weighted by molar-refractivity contribution is 6.11. The molecule has 0 aliphatic rings. The number of aromatic nitrogens is 3. The molecule has 0 saturated carbocycles. The van der Waals surface area contributed by atoms with Gasteiger partial charge in [-0.1, -0.05) is 60.7 Å². The Morgan fingerprint density at radius 1 is 0.757 bits per heavy atom. The number of carbonyl (C=O) groups excluding carboxylic acids is 1. The van der Waals surface area contributed by atoms with Gasteiger partial charge in [0.15, 0.2) is 5.65 Å². The van der Waals surface area contributed by atoms with E-state index in [4.69, 9.17) is 20.4 Å². The second-order valence-electron chi connectivity index (χ2n) is 8.56. The van der Waals surface area contributed by atoms with E-state index in [1.807, 2.05) is 109 Å². The van der Waals surface area contributed by atoms with Gasteiger partial charge >= 0.3 is 0 Å². The van der Waals surface area contributed by atoms with Crippen molar-refractivity contribution in [3.63, 3.8) is 0 Å². The normalized spacial score (nSPS) is 11.0. The van der Waals surface area contributed by atoms with Gasteiger partial charge in [-0.2, -0.15) is 0 Å². The smallest absolute Gasteiger partial charge is 0.257 e. The van der Waals surface area contributed by atoms with Crippen LogP contribution in [0.15, 0.2) is 109 Å². The zero-order valence-electron chi connectivity index (χ0n) is 19.8. The van der Waals surface area contributed by atoms with Crippen molar-refractivity contribution < 1.29 is 9.53 Å². The molecule has 0 unspecified atom stereocenters. The van der Waals surface area contributed by atoms with E-state index in [1.54, 1.807) is 4.57 Å². The first kappa shape index (κ1) is 22.3. The maximum atomic E-state index is 13.4. The average molecular weight is 486 g/mol. The molecule has 0 spiro atoms. The minimum Gasteiger partial charge on any atom is -0.457 e. The number of rotatable bonds is 6. The summed E-state index contributed by atoms with van der Waals surface area (Å²) in [6.07, 6.45) is 0. The van der Waals surface area contributed by atoms with Crippen LogP contribution in [0, 0.1) is 0 Å². The Morgan fingerprint density at radius 2 is 1.35 bits per heavy atom. The summed E-state index contributed by atoms with van der Waals surface area (Å²) >= 11 is 0. The fourth-order valence-electron chi connectivity index (χ4n) is 4.30. The van der Waals surface area contributed by atoms with Crippen LogP contribution in [0.5, 0.6) is 11.5 Å². The molecule has 0 saturated heterocycles. The van der Waals surface area contributed by atoms with Crippen LogP contribution in [0.4, 0.5) is 5.82 Å². The standard InChI is InChI=1S/C30H23N5O2/c31-28-26(30(36)32-19-20-9-3-1-4-10-20)27-29(34-25-14-8-7-13-24(25)33-27)35(28)21-15-17-23(18-16-21)37-22-11-5-2-6-12-22/h1-18H,19,31H2,(H,32,36). The van der Waals surface area contributed by atoms with Gasteiger partial charge in [-0.05, 0) is 54.1 Å². The number of nitrogen functional groups attached to an aromatic ring is 1. The molecule has 0 bridgehead atoms. The minimum atomic E-state index is -0.307. The molecular formula is C30H23N5O2. The Kier molecular flexibility index (Phi) is 5.71. The maximum Gasteiger partial charge on any atom is 0.257 e. The van der Waals surface area contributed by atoms with Crippen LogP contribution >= 0.6 is 0 Å². The van der Waals surface area contributed by atoms with E-state index in [0.717, 1.165) is 17.0 Å². The molecule has 3 N–H and O–H groups in total. The van der Waals surface area contributed by atoms with Gasteiger partial charge in [0.2, 0.25) is 0 Å². The van der Waals surface area contributed by atoms with E-state index in [-0.39, 0.29) is 11.7 Å². The summed E-state index contributed by atoms with van der Waals surface area (Å²) in [5.41, 5.74) is 11.0. The highest BCUT2D eigenvalue weighted by Crippen LogP contribution is 2.32. The molecule has 0 aliphatic heterocycles. The Hall–Kier alpha value is -5.17. The molecule has 0 fully saturated rings. The number of ether oxygens (including phenoxy) is 1. The van der Waals surface area contributed by atoms with E-state index in [2.05, 4.69) is 5.32 Å². The number of benzene rings is 4. The van der Waals surface area contributed by atoms with Crippen LogP contribution in [0.3, 0.4) is 0 Å². The first-order valence-electron chi connectivity index (χ1n) is 11.9. The van der Waals surface area contributed by atoms with Crippen molar-refractivity contribution in [1.29, 1.82) is 0 Å². The van der Waals surface area contributed by atoms with Crippen molar-refractivity contribution in [2.75, 3.05) is 5.73 Å². The van der Waals surface area contributed by atoms with E-state index >= 15 is 0 Å². The summed E-state index contributed by atoms with van der Waals surface area (Å²) in [7, 11) is 0. The summed E-state index contributed by atoms with van der Waals surface area (Å²) in [6, 6.07) is 34.3. The summed E-state index contributed by atoms with van der Waals surface area (Å²) < 4.78 is 7.69. The number of hydrogen-bond acceptors (Lipinski definition) is 5. The van der Waals surface area contributed by atoms with E-state index in [9.17, 15) is 4.79 Å². The third kappa shape index (κ3) is 4.34. The van der Waals surface area contributed by atoms with E-state index in [1.165, 1.54) is 0 Å². The topological polar surface area (TPSA) is 95.1 Å². The molecule has 0 radical (unpaired) electrons. The van der Waals surface area contributed by atoms with Crippen LogP contribution < -0.4 is 15.8 Å². The SMILES string of the molecule is Nc1c(C(=O)NCc2ccccc2)c2nc3ccccc3nc2n1-c1ccc(Oc2ccccc2)cc1. The molecule has 0 atom stereocenters. The molecule has 37 heavy (non-hydrogen) atoms. The van der Waals surface area contributed by atoms with E-state index < -0.39 is 0 Å². The Morgan fingerprint density at radius 3 is 2.05 bits per heavy atom. The lowest BCUT2D eigenvalue weighted by Crippen LogP contribution is -2.23. The molecule has 6 aromatic rings. The van der Waals surface area contributed by atoms with Gasteiger partial charge in [-0.15, -0.1) is 0 Å². The molecule has 7 nitrogen and oxygen atoms in total. The Labute approximate surface area is 213 Å². The first-order chi connectivity index (χ1) is 18.2. The van der Waals surface area contributed by atoms with Crippen molar-refractivity contribution in [2.45, 2.75) is 6.54 Å². The highest BCUT2D eigenvalue weighted by Gasteiger charge is 2.24. The van der Waals surface area contributed by atoms with Crippen LogP contribution in [0.1, 0.15) is 15.9 Å². The third-order valence-electron chi connectivity index (χ3n) is 6.09. The fraction of sp³-hybridized carbons (Fsp3) is 0.0333. The van der Waals surface area contributed by atoms with Gasteiger partial charge in [-0.25, -0.2) is 9.97 Å². The number of anilines is 1. The van der Waals surface area contributed by atoms with Crippen LogP contribution in [0.2, 0.25) is 0 Å². The summed E-state index contributed by atoms with van der Waals surface area (Å²) in [4.78, 5) is 23.0. The second kappa shape index (κ2) is 9.47. The molecule has 2 heterocycles. The van der Waals surface area contributed by atoms with Gasteiger partial charge in [0.05, 0.1) is 11.0 Å². The number of carbonyl (C=O) groups is 1. The van der Waals surface area contributed by atoms with Gasteiger partial charge in [0, 0.05) is 12.2 Å². The molecule has 4 aromatic carbocycles. The number of nitrogens with one attached hydrogen (secondary N) is 1. The molecule has 1 amide bonds. The molecule has 7 heteroatoms. The molecule has 0 aliphatic carbocycles. The minimum absolute atomic E-state index is 0.271. The zero-order chi connectivity index (χ0) is 25.2. The molecule has 6 rings (SSSR count). The Bertz CT molecular complexity index is 1710. The predicted octanol–water partition coefficient (Wildman–Crippen LogP) is 5.88. The number of para-hydroxylation sites is 3. The summed E-state index contributed by atoms with van der Waals surface area (Å²) in [5, 5.41) is 2.98. The van der Waals surface area contributed by atoms with Gasteiger partial charge < -0.3 is 15.8 Å². The monoisotopic (exact) mass is 485 g/mol. The van der Waals surface area contributed by atoms with Crippen LogP contribution in [0.25, 0.3) is 27.9 Å². The lowest BCUT2D eigenvalue weighted by molar-refractivity contribution is 0.0953. The number of amides is 1. The van der Waals surface area contributed by atoms with Gasteiger partial charge in [0.25, 0.3) is 5.91 Å². The fourth-order valence-corrected chi connectivity index (χ4v) is 4.30. The maximum absolute atomic E-state index is 13.4. The van der Waals surface area contributed by atoms with Gasteiger partial charge in [-0.3, -0.25) is 9.36 Å². The largest absolute Gasteiger partial charge is 0.457 e. The van der Waals surface area contributed by atoms with Crippen molar-refractivity contribution in [3.05, 3.63) is 120 Å². The lowest BCUT2D eigenvalue weighted by atomic mass is 10.2. The summed E-state index contributed by atoms with van der Waals surface area (Å²) in [6.45, 7) is 0.373. The van der Waals surface area contributed by atoms with Crippen LogP contribution in [-0.2, 0) is 6.54 Å². The van der Waals surface area contributed by atoms with Crippen molar-refractivity contribution >= 4 is 33.9 Å². The van der Waals surface area contributed by atoms with Gasteiger partial charge in [0.1, 0.15) is 28.4 Å². The number of fused-ring (bicyclic) bond motifs is 2. The second-order valence-corrected chi connectivity index (χ2v) is 8.56. The number of nitrogens with two attached hydrogens (primary N) is 1.